The first-order valence-corrected chi connectivity index (χ1v) is 5.65. The molecule has 9 nitrogen and oxygen atoms in total. The van der Waals surface area contributed by atoms with Gasteiger partial charge in [-0.2, -0.15) is 0 Å². The van der Waals surface area contributed by atoms with Gasteiger partial charge >= 0.3 is 0 Å². The van der Waals surface area contributed by atoms with Gasteiger partial charge in [-0.05, 0) is 0 Å². The molecule has 0 radical (unpaired) electrons. The summed E-state index contributed by atoms with van der Waals surface area (Å²) in [6, 6.07) is 0. The summed E-state index contributed by atoms with van der Waals surface area (Å²) in [5.41, 5.74) is 0. The summed E-state index contributed by atoms with van der Waals surface area (Å²) in [7, 11) is 1.30. The van der Waals surface area contributed by atoms with Gasteiger partial charge in [-0.3, -0.25) is 0 Å². The van der Waals surface area contributed by atoms with Crippen molar-refractivity contribution in [3.8, 4) is 0 Å². The van der Waals surface area contributed by atoms with Crippen molar-refractivity contribution in [2.75, 3.05) is 26.9 Å². The maximum absolute atomic E-state index is 9.28. The van der Waals surface area contributed by atoms with Crippen molar-refractivity contribution in [2.24, 2.45) is 0 Å². The number of rotatable bonds is 4. The number of aliphatic hydroxyl groups is 7. The number of hydrogen-bond donors (Lipinski definition) is 7. The minimum absolute atomic E-state index is 0.365. The van der Waals surface area contributed by atoms with Crippen LogP contribution in [-0.4, -0.2) is 99.5 Å². The van der Waals surface area contributed by atoms with E-state index in [1.165, 1.54) is 7.11 Å². The van der Waals surface area contributed by atoms with Crippen LogP contribution >= 0.6 is 0 Å². The lowest BCUT2D eigenvalue weighted by molar-refractivity contribution is -0.294. The van der Waals surface area contributed by atoms with Crippen LogP contribution in [0.25, 0.3) is 0 Å². The average Bonchev–Trinajstić information content (AvgIpc) is 2.45. The number of ether oxygens (including phenoxy) is 2. The van der Waals surface area contributed by atoms with E-state index >= 15 is 0 Å². The highest BCUT2D eigenvalue weighted by Gasteiger charge is 2.43. The average molecular weight is 286 g/mol. The predicted octanol–water partition coefficient (Wildman–Crippen LogP) is -4.24. The monoisotopic (exact) mass is 286 g/mol. The molecule has 0 aromatic heterocycles. The second-order valence-electron chi connectivity index (χ2n) is 3.95. The first-order valence-electron chi connectivity index (χ1n) is 5.65. The molecule has 0 amide bonds. The molecule has 1 unspecified atom stereocenters. The highest BCUT2D eigenvalue weighted by atomic mass is 16.7. The van der Waals surface area contributed by atoms with Crippen LogP contribution in [0.2, 0.25) is 0 Å². The van der Waals surface area contributed by atoms with E-state index in [2.05, 4.69) is 0 Å². The molecule has 5 atom stereocenters. The highest BCUT2D eigenvalue weighted by molar-refractivity contribution is 4.88. The Kier molecular flexibility index (Phi) is 9.35. The van der Waals surface area contributed by atoms with Crippen LogP contribution in [0.4, 0.5) is 0 Å². The van der Waals surface area contributed by atoms with Crippen LogP contribution < -0.4 is 0 Å². The van der Waals surface area contributed by atoms with Crippen LogP contribution in [0.15, 0.2) is 0 Å². The molecule has 0 aromatic carbocycles. The molecule has 7 N–H and O–H groups in total. The Morgan fingerprint density at radius 1 is 1.00 bits per heavy atom. The van der Waals surface area contributed by atoms with Crippen molar-refractivity contribution in [1.82, 2.24) is 0 Å². The summed E-state index contributed by atoms with van der Waals surface area (Å²) in [5, 5.41) is 60.6. The van der Waals surface area contributed by atoms with E-state index in [-0.39, 0.29) is 13.2 Å². The van der Waals surface area contributed by atoms with Crippen molar-refractivity contribution in [2.45, 2.75) is 36.8 Å². The van der Waals surface area contributed by atoms with Gasteiger partial charge in [0.05, 0.1) is 19.8 Å². The third-order valence-electron chi connectivity index (χ3n) is 2.50. The zero-order valence-corrected chi connectivity index (χ0v) is 10.5. The fourth-order valence-electron chi connectivity index (χ4n) is 1.32. The number of aliphatic hydroxyl groups excluding tert-OH is 7. The zero-order valence-electron chi connectivity index (χ0n) is 10.5. The van der Waals surface area contributed by atoms with Crippen molar-refractivity contribution in [3.63, 3.8) is 0 Å². The van der Waals surface area contributed by atoms with Gasteiger partial charge in [-0.15, -0.1) is 0 Å². The largest absolute Gasteiger partial charge is 0.394 e. The van der Waals surface area contributed by atoms with E-state index in [0.29, 0.717) is 0 Å². The highest BCUT2D eigenvalue weighted by Crippen LogP contribution is 2.20. The quantitative estimate of drug-likeness (QED) is 0.271. The van der Waals surface area contributed by atoms with Gasteiger partial charge in [0, 0.05) is 7.11 Å². The Hall–Kier alpha value is -0.360. The van der Waals surface area contributed by atoms with E-state index in [9.17, 15) is 15.3 Å². The fraction of sp³-hybridized carbons (Fsp3) is 1.00. The lowest BCUT2D eigenvalue weighted by Gasteiger charge is -2.38. The molecule has 0 bridgehead atoms. The van der Waals surface area contributed by atoms with Gasteiger partial charge in [0.2, 0.25) is 0 Å². The summed E-state index contributed by atoms with van der Waals surface area (Å²) in [6.07, 6.45) is -6.87. The number of methoxy groups -OCH3 is 1. The van der Waals surface area contributed by atoms with E-state index in [1.54, 1.807) is 0 Å². The van der Waals surface area contributed by atoms with E-state index in [1.807, 2.05) is 0 Å². The summed E-state index contributed by atoms with van der Waals surface area (Å²) in [6.45, 7) is -1.17. The first kappa shape index (κ1) is 18.6. The van der Waals surface area contributed by atoms with Gasteiger partial charge in [0.15, 0.2) is 6.29 Å². The first-order chi connectivity index (χ1) is 8.92. The second-order valence-corrected chi connectivity index (χ2v) is 3.95. The molecule has 0 aliphatic carbocycles. The molecule has 1 aliphatic rings. The topological polar surface area (TPSA) is 160 Å². The normalized spacial score (nSPS) is 34.9. The lowest BCUT2D eigenvalue weighted by atomic mass is 9.99. The van der Waals surface area contributed by atoms with Gasteiger partial charge in [0.1, 0.15) is 30.5 Å². The van der Waals surface area contributed by atoms with Crippen molar-refractivity contribution >= 4 is 0 Å². The Bertz CT molecular complexity index is 203. The molecule has 19 heavy (non-hydrogen) atoms. The SMILES string of the molecule is COC1O[C@H](CO)[C@@H](O)[C@H](O)[C@H]1O.OCC(O)CO. The van der Waals surface area contributed by atoms with Crippen LogP contribution in [-0.2, 0) is 9.47 Å². The molecular weight excluding hydrogens is 264 g/mol. The second kappa shape index (κ2) is 9.53. The van der Waals surface area contributed by atoms with Crippen molar-refractivity contribution in [1.29, 1.82) is 0 Å². The summed E-state index contributed by atoms with van der Waals surface area (Å²) in [4.78, 5) is 0. The summed E-state index contributed by atoms with van der Waals surface area (Å²) < 4.78 is 9.65. The standard InChI is InChI=1S/C7H14O6.C3H8O3/c1-12-7-6(11)5(10)4(9)3(2-8)13-7;4-1-3(6)2-5/h3-11H,2H2,1H3;3-6H,1-2H2/t3-,4-,5+,6-,7?;/m1./s1. The fourth-order valence-corrected chi connectivity index (χ4v) is 1.32. The number of hydrogen-bond acceptors (Lipinski definition) is 9. The van der Waals surface area contributed by atoms with Crippen LogP contribution in [0.3, 0.4) is 0 Å². The van der Waals surface area contributed by atoms with Gasteiger partial charge in [-0.25, -0.2) is 0 Å². The smallest absolute Gasteiger partial charge is 0.186 e. The van der Waals surface area contributed by atoms with E-state index < -0.39 is 43.4 Å². The molecular formula is C10H22O9. The maximum Gasteiger partial charge on any atom is 0.186 e. The third-order valence-corrected chi connectivity index (χ3v) is 2.50. The van der Waals surface area contributed by atoms with Crippen LogP contribution in [0.5, 0.6) is 0 Å². The Balaban J connectivity index is 0.000000459. The lowest BCUT2D eigenvalue weighted by Crippen LogP contribution is -2.58. The van der Waals surface area contributed by atoms with E-state index in [0.717, 1.165) is 0 Å². The van der Waals surface area contributed by atoms with Crippen molar-refractivity contribution in [3.05, 3.63) is 0 Å². The summed E-state index contributed by atoms with van der Waals surface area (Å²) in [5.74, 6) is 0. The molecule has 1 fully saturated rings. The Labute approximate surface area is 110 Å². The van der Waals surface area contributed by atoms with E-state index in [4.69, 9.17) is 29.9 Å². The minimum Gasteiger partial charge on any atom is -0.394 e. The summed E-state index contributed by atoms with van der Waals surface area (Å²) >= 11 is 0. The third kappa shape index (κ3) is 5.65. The zero-order chi connectivity index (χ0) is 15.0. The van der Waals surface area contributed by atoms with Gasteiger partial charge in [-0.1, -0.05) is 0 Å². The molecule has 1 rings (SSSR count). The molecule has 0 saturated carbocycles. The molecule has 1 heterocycles. The van der Waals surface area contributed by atoms with Gasteiger partial charge < -0.3 is 45.2 Å². The molecule has 0 aromatic rings. The van der Waals surface area contributed by atoms with Gasteiger partial charge in [0.25, 0.3) is 0 Å². The molecule has 116 valence electrons. The van der Waals surface area contributed by atoms with Crippen LogP contribution in [0, 0.1) is 0 Å². The minimum atomic E-state index is -1.36. The molecule has 9 heteroatoms. The van der Waals surface area contributed by atoms with Crippen LogP contribution in [0.1, 0.15) is 0 Å². The molecule has 0 spiro atoms. The van der Waals surface area contributed by atoms with Crippen molar-refractivity contribution < 1.29 is 45.2 Å². The Morgan fingerprint density at radius 3 is 1.84 bits per heavy atom. The molecule has 1 saturated heterocycles. The Morgan fingerprint density at radius 2 is 1.53 bits per heavy atom. The molecule has 1 aliphatic heterocycles. The maximum atomic E-state index is 9.28. The predicted molar refractivity (Wildman–Crippen MR) is 61.0 cm³/mol.